The number of rotatable bonds is 3. The topological polar surface area (TPSA) is 49.3 Å². The van der Waals surface area contributed by atoms with Crippen molar-refractivity contribution in [3.8, 4) is 0 Å². The van der Waals surface area contributed by atoms with Crippen molar-refractivity contribution in [1.29, 1.82) is 0 Å². The van der Waals surface area contributed by atoms with Crippen LogP contribution in [-0.4, -0.2) is 23.7 Å². The predicted molar refractivity (Wildman–Crippen MR) is 80.0 cm³/mol. The lowest BCUT2D eigenvalue weighted by Gasteiger charge is -2.29. The monoisotopic (exact) mass is 269 g/mol. The Morgan fingerprint density at radius 1 is 1.15 bits per heavy atom. The number of aliphatic carboxylic acids is 1. The highest BCUT2D eigenvalue weighted by Gasteiger charge is 2.30. The molecule has 20 heavy (non-hydrogen) atoms. The Labute approximate surface area is 118 Å². The van der Waals surface area contributed by atoms with Gasteiger partial charge in [0.25, 0.3) is 0 Å². The van der Waals surface area contributed by atoms with Crippen LogP contribution < -0.4 is 5.32 Å². The average Bonchev–Trinajstić information content (AvgIpc) is 2.48. The fourth-order valence-corrected chi connectivity index (χ4v) is 3.11. The number of carboxylic acids is 1. The second-order valence-electron chi connectivity index (χ2n) is 5.48. The lowest BCUT2D eigenvalue weighted by molar-refractivity contribution is -0.139. The number of piperidine rings is 1. The quantitative estimate of drug-likeness (QED) is 0.900. The van der Waals surface area contributed by atoms with Crippen LogP contribution in [0.15, 0.2) is 42.5 Å². The molecule has 0 radical (unpaired) electrons. The van der Waals surface area contributed by atoms with Crippen LogP contribution in [0.1, 0.15) is 30.7 Å². The van der Waals surface area contributed by atoms with Crippen LogP contribution in [0.2, 0.25) is 0 Å². The van der Waals surface area contributed by atoms with E-state index < -0.39 is 11.9 Å². The van der Waals surface area contributed by atoms with E-state index in [0.717, 1.165) is 42.1 Å². The van der Waals surface area contributed by atoms with E-state index in [-0.39, 0.29) is 6.04 Å². The van der Waals surface area contributed by atoms with Gasteiger partial charge in [-0.3, -0.25) is 4.79 Å². The maximum absolute atomic E-state index is 11.7. The number of carbonyl (C=O) groups is 1. The molecule has 0 aromatic heterocycles. The van der Waals surface area contributed by atoms with Crippen LogP contribution in [-0.2, 0) is 4.79 Å². The molecule has 3 heteroatoms. The molecular weight excluding hydrogens is 250 g/mol. The first-order chi connectivity index (χ1) is 9.75. The average molecular weight is 269 g/mol. The fourth-order valence-electron chi connectivity index (χ4n) is 3.11. The van der Waals surface area contributed by atoms with Gasteiger partial charge in [0, 0.05) is 6.04 Å². The van der Waals surface area contributed by atoms with Gasteiger partial charge in [0.2, 0.25) is 0 Å². The van der Waals surface area contributed by atoms with Crippen LogP contribution in [0.25, 0.3) is 10.8 Å². The Morgan fingerprint density at radius 2 is 1.95 bits per heavy atom. The van der Waals surface area contributed by atoms with Crippen molar-refractivity contribution in [3.05, 3.63) is 48.0 Å². The first-order valence-electron chi connectivity index (χ1n) is 7.20. The van der Waals surface area contributed by atoms with Crippen molar-refractivity contribution in [2.24, 2.45) is 0 Å². The Kier molecular flexibility index (Phi) is 3.70. The summed E-state index contributed by atoms with van der Waals surface area (Å²) in [6.45, 7) is 0.919. The summed E-state index contributed by atoms with van der Waals surface area (Å²) < 4.78 is 0. The van der Waals surface area contributed by atoms with Gasteiger partial charge in [-0.25, -0.2) is 0 Å². The number of benzene rings is 2. The Balaban J connectivity index is 1.98. The van der Waals surface area contributed by atoms with Gasteiger partial charge in [-0.05, 0) is 35.7 Å². The molecule has 2 aromatic rings. The molecule has 1 aliphatic heterocycles. The maximum Gasteiger partial charge on any atom is 0.312 e. The van der Waals surface area contributed by atoms with Crippen molar-refractivity contribution < 1.29 is 9.90 Å². The molecule has 0 saturated carbocycles. The van der Waals surface area contributed by atoms with Gasteiger partial charge in [0.1, 0.15) is 0 Å². The largest absolute Gasteiger partial charge is 0.481 e. The van der Waals surface area contributed by atoms with Crippen molar-refractivity contribution in [1.82, 2.24) is 5.32 Å². The summed E-state index contributed by atoms with van der Waals surface area (Å²) in [4.78, 5) is 11.7. The summed E-state index contributed by atoms with van der Waals surface area (Å²) in [5, 5.41) is 15.2. The van der Waals surface area contributed by atoms with Gasteiger partial charge in [0.15, 0.2) is 0 Å². The third-order valence-corrected chi connectivity index (χ3v) is 4.15. The summed E-state index contributed by atoms with van der Waals surface area (Å²) in [5.74, 6) is -1.19. The SMILES string of the molecule is O=C(O)C(c1ccc2ccccc2c1)C1CCCCN1. The van der Waals surface area contributed by atoms with E-state index in [4.69, 9.17) is 0 Å². The molecule has 1 fully saturated rings. The lowest BCUT2D eigenvalue weighted by atomic mass is 9.86. The third kappa shape index (κ3) is 2.54. The fraction of sp³-hybridized carbons (Fsp3) is 0.353. The number of hydrogen-bond donors (Lipinski definition) is 2. The molecule has 0 spiro atoms. The number of nitrogens with one attached hydrogen (secondary N) is 1. The summed E-state index contributed by atoms with van der Waals surface area (Å²) in [7, 11) is 0. The molecule has 0 aliphatic carbocycles. The molecule has 0 amide bonds. The zero-order valence-corrected chi connectivity index (χ0v) is 11.4. The predicted octanol–water partition coefficient (Wildman–Crippen LogP) is 3.15. The number of hydrogen-bond acceptors (Lipinski definition) is 2. The zero-order valence-electron chi connectivity index (χ0n) is 11.4. The van der Waals surface area contributed by atoms with Crippen LogP contribution in [0.4, 0.5) is 0 Å². The summed E-state index contributed by atoms with van der Waals surface area (Å²) in [6, 6.07) is 14.1. The smallest absolute Gasteiger partial charge is 0.312 e. The molecular formula is C17H19NO2. The van der Waals surface area contributed by atoms with Crippen molar-refractivity contribution in [3.63, 3.8) is 0 Å². The Bertz CT molecular complexity index is 617. The first-order valence-corrected chi connectivity index (χ1v) is 7.20. The lowest BCUT2D eigenvalue weighted by Crippen LogP contribution is -2.41. The van der Waals surface area contributed by atoms with Crippen molar-refractivity contribution >= 4 is 16.7 Å². The summed E-state index contributed by atoms with van der Waals surface area (Å²) >= 11 is 0. The zero-order chi connectivity index (χ0) is 13.9. The van der Waals surface area contributed by atoms with Crippen LogP contribution in [0, 0.1) is 0 Å². The van der Waals surface area contributed by atoms with Gasteiger partial charge in [-0.2, -0.15) is 0 Å². The molecule has 1 saturated heterocycles. The number of fused-ring (bicyclic) bond motifs is 1. The van der Waals surface area contributed by atoms with Crippen LogP contribution >= 0.6 is 0 Å². The molecule has 3 rings (SSSR count). The van der Waals surface area contributed by atoms with Crippen molar-refractivity contribution in [2.45, 2.75) is 31.2 Å². The minimum absolute atomic E-state index is 0.0439. The molecule has 1 aliphatic rings. The Hall–Kier alpha value is -1.87. The van der Waals surface area contributed by atoms with Crippen LogP contribution in [0.5, 0.6) is 0 Å². The minimum atomic E-state index is -0.736. The minimum Gasteiger partial charge on any atom is -0.481 e. The van der Waals surface area contributed by atoms with E-state index in [0.29, 0.717) is 0 Å². The Morgan fingerprint density at radius 3 is 2.65 bits per heavy atom. The summed E-state index contributed by atoms with van der Waals surface area (Å²) in [5.41, 5.74) is 0.899. The second kappa shape index (κ2) is 5.63. The molecule has 2 unspecified atom stereocenters. The van der Waals surface area contributed by atoms with Gasteiger partial charge >= 0.3 is 5.97 Å². The molecule has 104 valence electrons. The molecule has 3 nitrogen and oxygen atoms in total. The number of carboxylic acid groups (broad SMARTS) is 1. The van der Waals surface area contributed by atoms with E-state index in [9.17, 15) is 9.90 Å². The second-order valence-corrected chi connectivity index (χ2v) is 5.48. The van der Waals surface area contributed by atoms with Gasteiger partial charge in [-0.1, -0.05) is 48.9 Å². The molecule has 0 bridgehead atoms. The van der Waals surface area contributed by atoms with E-state index >= 15 is 0 Å². The normalized spacial score (nSPS) is 20.7. The van der Waals surface area contributed by atoms with Gasteiger partial charge in [0.05, 0.1) is 5.92 Å². The van der Waals surface area contributed by atoms with E-state index in [1.807, 2.05) is 42.5 Å². The maximum atomic E-state index is 11.7. The first kappa shape index (κ1) is 13.1. The molecule has 2 N–H and O–H groups in total. The van der Waals surface area contributed by atoms with E-state index in [1.54, 1.807) is 0 Å². The summed E-state index contributed by atoms with van der Waals surface area (Å²) in [6.07, 6.45) is 3.18. The van der Waals surface area contributed by atoms with E-state index in [2.05, 4.69) is 5.32 Å². The highest BCUT2D eigenvalue weighted by Crippen LogP contribution is 2.28. The highest BCUT2D eigenvalue weighted by molar-refractivity contribution is 5.85. The van der Waals surface area contributed by atoms with Crippen LogP contribution in [0.3, 0.4) is 0 Å². The van der Waals surface area contributed by atoms with Crippen molar-refractivity contribution in [2.75, 3.05) is 6.54 Å². The molecule has 1 heterocycles. The molecule has 2 aromatic carbocycles. The molecule has 2 atom stereocenters. The van der Waals surface area contributed by atoms with Gasteiger partial charge < -0.3 is 10.4 Å². The van der Waals surface area contributed by atoms with Gasteiger partial charge in [-0.15, -0.1) is 0 Å². The third-order valence-electron chi connectivity index (χ3n) is 4.15. The highest BCUT2D eigenvalue weighted by atomic mass is 16.4. The standard InChI is InChI=1S/C17H19NO2/c19-17(20)16(15-7-3-4-10-18-15)14-9-8-12-5-1-2-6-13(12)11-14/h1-2,5-6,8-9,11,15-16,18H,3-4,7,10H2,(H,19,20). The van der Waals surface area contributed by atoms with E-state index in [1.165, 1.54) is 0 Å².